The molecule has 2 aromatic rings. The Labute approximate surface area is 106 Å². The monoisotopic (exact) mass is 248 g/mol. The van der Waals surface area contributed by atoms with Crippen LogP contribution in [-0.2, 0) is 6.42 Å². The van der Waals surface area contributed by atoms with Crippen LogP contribution in [0.5, 0.6) is 11.5 Å². The predicted octanol–water partition coefficient (Wildman–Crippen LogP) is 2.57. The molecule has 0 aliphatic rings. The molecule has 0 bridgehead atoms. The zero-order valence-electron chi connectivity index (χ0n) is 10.4. The van der Waals surface area contributed by atoms with Gasteiger partial charge in [-0.1, -0.05) is 12.1 Å². The molecule has 0 spiro atoms. The quantitative estimate of drug-likeness (QED) is 0.883. The first kappa shape index (κ1) is 12.5. The van der Waals surface area contributed by atoms with Gasteiger partial charge in [0.15, 0.2) is 11.5 Å². The highest BCUT2D eigenvalue weighted by molar-refractivity contribution is 5.47. The Morgan fingerprint density at radius 3 is 2.67 bits per heavy atom. The van der Waals surface area contributed by atoms with Crippen molar-refractivity contribution in [2.45, 2.75) is 12.5 Å². The molecule has 0 amide bonds. The zero-order chi connectivity index (χ0) is 13.0. The first-order valence-electron chi connectivity index (χ1n) is 5.66. The number of aliphatic hydroxyl groups is 1. The van der Waals surface area contributed by atoms with Crippen LogP contribution < -0.4 is 9.47 Å². The lowest BCUT2D eigenvalue weighted by atomic mass is 10.0. The van der Waals surface area contributed by atoms with Gasteiger partial charge in [0, 0.05) is 12.0 Å². The van der Waals surface area contributed by atoms with Crippen molar-refractivity contribution < 1.29 is 19.0 Å². The number of hydrogen-bond donors (Lipinski definition) is 1. The smallest absolute Gasteiger partial charge is 0.166 e. The van der Waals surface area contributed by atoms with Crippen molar-refractivity contribution >= 4 is 0 Å². The predicted molar refractivity (Wildman–Crippen MR) is 66.9 cm³/mol. The molecule has 1 aromatic heterocycles. The number of aliphatic hydroxyl groups excluding tert-OH is 1. The van der Waals surface area contributed by atoms with Crippen LogP contribution in [0.4, 0.5) is 0 Å². The van der Waals surface area contributed by atoms with E-state index >= 15 is 0 Å². The average molecular weight is 248 g/mol. The van der Waals surface area contributed by atoms with Crippen LogP contribution in [0.2, 0.25) is 0 Å². The molecule has 1 aromatic carbocycles. The number of furan rings is 1. The Morgan fingerprint density at radius 2 is 2.06 bits per heavy atom. The molecule has 0 aliphatic heterocycles. The molecule has 0 saturated carbocycles. The average Bonchev–Trinajstić information content (AvgIpc) is 2.90. The van der Waals surface area contributed by atoms with Crippen molar-refractivity contribution in [1.82, 2.24) is 0 Å². The number of rotatable bonds is 5. The van der Waals surface area contributed by atoms with Crippen LogP contribution in [0.15, 0.2) is 41.2 Å². The van der Waals surface area contributed by atoms with Gasteiger partial charge >= 0.3 is 0 Å². The largest absolute Gasteiger partial charge is 0.493 e. The van der Waals surface area contributed by atoms with E-state index in [9.17, 15) is 5.11 Å². The number of hydrogen-bond acceptors (Lipinski definition) is 4. The fraction of sp³-hybridized carbons (Fsp3) is 0.286. The summed E-state index contributed by atoms with van der Waals surface area (Å²) in [4.78, 5) is 0. The molecular formula is C14H16O4. The van der Waals surface area contributed by atoms with E-state index in [2.05, 4.69) is 0 Å². The number of benzene rings is 1. The Bertz CT molecular complexity index is 491. The summed E-state index contributed by atoms with van der Waals surface area (Å²) < 4.78 is 15.5. The normalized spacial score (nSPS) is 12.2. The van der Waals surface area contributed by atoms with Gasteiger partial charge in [0.25, 0.3) is 0 Å². The molecule has 1 unspecified atom stereocenters. The maximum absolute atomic E-state index is 10.2. The molecule has 4 nitrogen and oxygen atoms in total. The molecule has 96 valence electrons. The van der Waals surface area contributed by atoms with E-state index in [1.54, 1.807) is 32.8 Å². The third-order valence-electron chi connectivity index (χ3n) is 2.80. The zero-order valence-corrected chi connectivity index (χ0v) is 10.4. The van der Waals surface area contributed by atoms with E-state index in [1.807, 2.05) is 18.2 Å². The first-order valence-corrected chi connectivity index (χ1v) is 5.66. The Morgan fingerprint density at radius 1 is 1.22 bits per heavy atom. The summed E-state index contributed by atoms with van der Waals surface area (Å²) in [5, 5.41) is 10.2. The van der Waals surface area contributed by atoms with Gasteiger partial charge < -0.3 is 19.0 Å². The van der Waals surface area contributed by atoms with Crippen LogP contribution in [-0.4, -0.2) is 19.3 Å². The highest BCUT2D eigenvalue weighted by Crippen LogP contribution is 2.35. The van der Waals surface area contributed by atoms with Crippen molar-refractivity contribution in [1.29, 1.82) is 0 Å². The summed E-state index contributed by atoms with van der Waals surface area (Å²) in [7, 11) is 3.13. The summed E-state index contributed by atoms with van der Waals surface area (Å²) in [5.41, 5.74) is 1.64. The van der Waals surface area contributed by atoms with Gasteiger partial charge in [-0.15, -0.1) is 0 Å². The molecule has 0 fully saturated rings. The third-order valence-corrected chi connectivity index (χ3v) is 2.80. The number of para-hydroxylation sites is 1. The van der Waals surface area contributed by atoms with E-state index in [0.717, 1.165) is 5.56 Å². The second kappa shape index (κ2) is 5.60. The summed E-state index contributed by atoms with van der Waals surface area (Å²) in [5.74, 6) is 1.18. The molecular weight excluding hydrogens is 232 g/mol. The van der Waals surface area contributed by atoms with Crippen LogP contribution in [0.3, 0.4) is 0 Å². The number of ether oxygens (including phenoxy) is 2. The highest BCUT2D eigenvalue weighted by atomic mass is 16.5. The van der Waals surface area contributed by atoms with E-state index in [0.29, 0.717) is 23.5 Å². The van der Waals surface area contributed by atoms with Gasteiger partial charge in [-0.05, 0) is 17.7 Å². The second-order valence-corrected chi connectivity index (χ2v) is 3.93. The van der Waals surface area contributed by atoms with Crippen molar-refractivity contribution in [3.05, 3.63) is 47.9 Å². The maximum atomic E-state index is 10.2. The first-order chi connectivity index (χ1) is 8.76. The van der Waals surface area contributed by atoms with Gasteiger partial charge in [-0.25, -0.2) is 0 Å². The van der Waals surface area contributed by atoms with Crippen molar-refractivity contribution in [3.63, 3.8) is 0 Å². The minimum atomic E-state index is -0.660. The molecule has 0 radical (unpaired) electrons. The van der Waals surface area contributed by atoms with Gasteiger partial charge in [0.1, 0.15) is 0 Å². The molecule has 0 aliphatic carbocycles. The van der Waals surface area contributed by atoms with Crippen molar-refractivity contribution in [2.24, 2.45) is 0 Å². The molecule has 0 saturated heterocycles. The Hall–Kier alpha value is -1.94. The Balaban J connectivity index is 2.26. The number of methoxy groups -OCH3 is 2. The third kappa shape index (κ3) is 2.49. The molecule has 1 heterocycles. The van der Waals surface area contributed by atoms with E-state index in [-0.39, 0.29) is 0 Å². The molecule has 1 atom stereocenters. The highest BCUT2D eigenvalue weighted by Gasteiger charge is 2.17. The van der Waals surface area contributed by atoms with Crippen LogP contribution in [0.25, 0.3) is 0 Å². The van der Waals surface area contributed by atoms with Crippen molar-refractivity contribution in [3.8, 4) is 11.5 Å². The van der Waals surface area contributed by atoms with Gasteiger partial charge in [-0.3, -0.25) is 0 Å². The summed E-state index contributed by atoms with van der Waals surface area (Å²) >= 11 is 0. The molecule has 4 heteroatoms. The lowest BCUT2D eigenvalue weighted by molar-refractivity contribution is 0.172. The topological polar surface area (TPSA) is 51.8 Å². The van der Waals surface area contributed by atoms with Gasteiger partial charge in [0.05, 0.1) is 32.8 Å². The molecule has 18 heavy (non-hydrogen) atoms. The minimum Gasteiger partial charge on any atom is -0.493 e. The van der Waals surface area contributed by atoms with Gasteiger partial charge in [0.2, 0.25) is 0 Å². The van der Waals surface area contributed by atoms with Gasteiger partial charge in [-0.2, -0.15) is 0 Å². The summed E-state index contributed by atoms with van der Waals surface area (Å²) in [6, 6.07) is 7.28. The fourth-order valence-corrected chi connectivity index (χ4v) is 1.92. The standard InChI is InChI=1S/C14H16O4/c1-16-13-5-3-4-11(14(13)17-2)12(15)8-10-6-7-18-9-10/h3-7,9,12,15H,8H2,1-2H3. The summed E-state index contributed by atoms with van der Waals surface area (Å²) in [6.07, 6.45) is 3.02. The molecule has 2 rings (SSSR count). The lowest BCUT2D eigenvalue weighted by Gasteiger charge is -2.16. The molecule has 1 N–H and O–H groups in total. The van der Waals surface area contributed by atoms with Crippen molar-refractivity contribution in [2.75, 3.05) is 14.2 Å². The Kier molecular flexibility index (Phi) is 3.89. The van der Waals surface area contributed by atoms with Crippen LogP contribution >= 0.6 is 0 Å². The maximum Gasteiger partial charge on any atom is 0.166 e. The summed E-state index contributed by atoms with van der Waals surface area (Å²) in [6.45, 7) is 0. The SMILES string of the molecule is COc1cccc(C(O)Cc2ccoc2)c1OC. The van der Waals surface area contributed by atoms with Crippen LogP contribution in [0, 0.1) is 0 Å². The second-order valence-electron chi connectivity index (χ2n) is 3.93. The van der Waals surface area contributed by atoms with E-state index in [4.69, 9.17) is 13.9 Å². The lowest BCUT2D eigenvalue weighted by Crippen LogP contribution is -2.04. The van der Waals surface area contributed by atoms with Crippen LogP contribution in [0.1, 0.15) is 17.2 Å². The fourth-order valence-electron chi connectivity index (χ4n) is 1.92. The van der Waals surface area contributed by atoms with E-state index in [1.165, 1.54) is 0 Å². The van der Waals surface area contributed by atoms with E-state index < -0.39 is 6.10 Å². The minimum absolute atomic E-state index is 0.472.